The summed E-state index contributed by atoms with van der Waals surface area (Å²) < 4.78 is 6.82. The molecule has 148 valence electrons. The zero-order valence-electron chi connectivity index (χ0n) is 15.9. The highest BCUT2D eigenvalue weighted by Gasteiger charge is 2.33. The Morgan fingerprint density at radius 1 is 1.14 bits per heavy atom. The number of nitrogens with zero attached hydrogens (tertiary/aromatic N) is 5. The molecule has 0 atom stereocenters. The Morgan fingerprint density at radius 3 is 2.54 bits per heavy atom. The second-order valence-corrected chi connectivity index (χ2v) is 7.15. The number of rotatable bonds is 5. The molecule has 3 amide bonds. The number of hydrogen-bond acceptors (Lipinski definition) is 5. The maximum Gasteiger partial charge on any atom is 0.317 e. The van der Waals surface area contributed by atoms with Crippen molar-refractivity contribution in [2.75, 3.05) is 33.3 Å². The Morgan fingerprint density at radius 2 is 1.86 bits per heavy atom. The summed E-state index contributed by atoms with van der Waals surface area (Å²) in [6, 6.07) is 7.53. The van der Waals surface area contributed by atoms with Crippen LogP contribution >= 0.6 is 0 Å². The number of amides is 3. The molecule has 0 spiro atoms. The van der Waals surface area contributed by atoms with E-state index in [0.717, 1.165) is 37.2 Å². The van der Waals surface area contributed by atoms with Gasteiger partial charge in [0.2, 0.25) is 0 Å². The van der Waals surface area contributed by atoms with Gasteiger partial charge in [0.15, 0.2) is 5.69 Å². The van der Waals surface area contributed by atoms with E-state index < -0.39 is 0 Å². The molecule has 1 aromatic heterocycles. The first kappa shape index (κ1) is 18.3. The van der Waals surface area contributed by atoms with Gasteiger partial charge in [-0.05, 0) is 30.5 Å². The number of methoxy groups -OCH3 is 1. The fourth-order valence-corrected chi connectivity index (χ4v) is 3.46. The van der Waals surface area contributed by atoms with Crippen LogP contribution in [0.15, 0.2) is 30.5 Å². The van der Waals surface area contributed by atoms with Gasteiger partial charge in [-0.1, -0.05) is 17.3 Å². The fourth-order valence-electron chi connectivity index (χ4n) is 3.46. The van der Waals surface area contributed by atoms with E-state index in [4.69, 9.17) is 4.74 Å². The molecule has 9 nitrogen and oxygen atoms in total. The standard InChI is InChI=1S/C19H24N6O3/c1-28-16-6-4-14(5-7-16)10-20-19(27)24-11-15(12-24)25-13-17(21-22-25)18(26)23-8-2-3-9-23/h4-7,13,15H,2-3,8-12H2,1H3,(H,20,27). The van der Waals surface area contributed by atoms with Crippen LogP contribution in [-0.2, 0) is 6.54 Å². The maximum atomic E-state index is 12.3. The number of carbonyl (C=O) groups excluding carboxylic acids is 2. The van der Waals surface area contributed by atoms with Gasteiger partial charge in [0, 0.05) is 32.7 Å². The van der Waals surface area contributed by atoms with E-state index in [1.54, 1.807) is 22.9 Å². The minimum absolute atomic E-state index is 0.0550. The van der Waals surface area contributed by atoms with Crippen molar-refractivity contribution in [3.05, 3.63) is 41.7 Å². The Kier molecular flexibility index (Phi) is 5.14. The number of hydrogen-bond donors (Lipinski definition) is 1. The van der Waals surface area contributed by atoms with Crippen LogP contribution in [0.4, 0.5) is 4.79 Å². The van der Waals surface area contributed by atoms with Crippen molar-refractivity contribution in [2.24, 2.45) is 0 Å². The van der Waals surface area contributed by atoms with Gasteiger partial charge in [0.05, 0.1) is 19.3 Å². The SMILES string of the molecule is COc1ccc(CNC(=O)N2CC(n3cc(C(=O)N4CCCC4)nn3)C2)cc1. The first-order valence-electron chi connectivity index (χ1n) is 9.51. The molecule has 2 fully saturated rings. The van der Waals surface area contributed by atoms with Crippen LogP contribution in [0, 0.1) is 0 Å². The minimum atomic E-state index is -0.111. The van der Waals surface area contributed by atoms with Crippen LogP contribution in [0.1, 0.15) is 34.9 Å². The number of likely N-dealkylation sites (tertiary alicyclic amines) is 2. The van der Waals surface area contributed by atoms with E-state index in [-0.39, 0.29) is 18.0 Å². The minimum Gasteiger partial charge on any atom is -0.497 e. The van der Waals surface area contributed by atoms with Crippen molar-refractivity contribution in [1.29, 1.82) is 0 Å². The molecule has 0 aliphatic carbocycles. The molecule has 28 heavy (non-hydrogen) atoms. The highest BCUT2D eigenvalue weighted by Crippen LogP contribution is 2.21. The molecular formula is C19H24N6O3. The molecule has 1 aromatic carbocycles. The van der Waals surface area contributed by atoms with E-state index in [9.17, 15) is 9.59 Å². The highest BCUT2D eigenvalue weighted by molar-refractivity contribution is 5.92. The smallest absolute Gasteiger partial charge is 0.317 e. The molecular weight excluding hydrogens is 360 g/mol. The summed E-state index contributed by atoms with van der Waals surface area (Å²) in [7, 11) is 1.62. The quantitative estimate of drug-likeness (QED) is 0.839. The average molecular weight is 384 g/mol. The predicted molar refractivity (Wildman–Crippen MR) is 101 cm³/mol. The lowest BCUT2D eigenvalue weighted by Gasteiger charge is -2.38. The van der Waals surface area contributed by atoms with Crippen molar-refractivity contribution < 1.29 is 14.3 Å². The number of ether oxygens (including phenoxy) is 1. The van der Waals surface area contributed by atoms with E-state index in [2.05, 4.69) is 15.6 Å². The summed E-state index contributed by atoms with van der Waals surface area (Å²) in [6.07, 6.45) is 3.78. The summed E-state index contributed by atoms with van der Waals surface area (Å²) in [5.74, 6) is 0.730. The van der Waals surface area contributed by atoms with Gasteiger partial charge >= 0.3 is 6.03 Å². The molecule has 9 heteroatoms. The lowest BCUT2D eigenvalue weighted by molar-refractivity contribution is 0.0786. The zero-order chi connectivity index (χ0) is 19.5. The molecule has 1 N–H and O–H groups in total. The van der Waals surface area contributed by atoms with Gasteiger partial charge in [-0.15, -0.1) is 5.10 Å². The number of urea groups is 1. The van der Waals surface area contributed by atoms with E-state index in [1.165, 1.54) is 0 Å². The summed E-state index contributed by atoms with van der Waals surface area (Å²) in [6.45, 7) is 3.14. The van der Waals surface area contributed by atoms with E-state index in [0.29, 0.717) is 25.3 Å². The lowest BCUT2D eigenvalue weighted by atomic mass is 10.1. The van der Waals surface area contributed by atoms with E-state index in [1.807, 2.05) is 29.2 Å². The van der Waals surface area contributed by atoms with Gasteiger partial charge in [-0.25, -0.2) is 9.48 Å². The molecule has 2 aliphatic heterocycles. The topological polar surface area (TPSA) is 92.6 Å². The van der Waals surface area contributed by atoms with Crippen LogP contribution in [0.3, 0.4) is 0 Å². The van der Waals surface area contributed by atoms with Crippen LogP contribution in [0.2, 0.25) is 0 Å². The molecule has 3 heterocycles. The largest absolute Gasteiger partial charge is 0.497 e. The van der Waals surface area contributed by atoms with Crippen molar-refractivity contribution >= 4 is 11.9 Å². The Hall–Kier alpha value is -3.10. The monoisotopic (exact) mass is 384 g/mol. The normalized spacial score (nSPS) is 16.8. The van der Waals surface area contributed by atoms with Gasteiger partial charge in [-0.2, -0.15) is 0 Å². The first-order chi connectivity index (χ1) is 13.6. The van der Waals surface area contributed by atoms with Crippen molar-refractivity contribution in [3.63, 3.8) is 0 Å². The number of benzene rings is 1. The molecule has 0 saturated carbocycles. The van der Waals surface area contributed by atoms with Crippen LogP contribution < -0.4 is 10.1 Å². The van der Waals surface area contributed by atoms with Gasteiger partial charge in [0.25, 0.3) is 5.91 Å². The summed E-state index contributed by atoms with van der Waals surface area (Å²) >= 11 is 0. The highest BCUT2D eigenvalue weighted by atomic mass is 16.5. The molecule has 2 aromatic rings. The third kappa shape index (κ3) is 3.78. The van der Waals surface area contributed by atoms with Crippen LogP contribution in [0.5, 0.6) is 5.75 Å². The number of nitrogens with one attached hydrogen (secondary N) is 1. The molecule has 2 aliphatic rings. The third-order valence-corrected chi connectivity index (χ3v) is 5.25. The average Bonchev–Trinajstić information content (AvgIpc) is 3.37. The summed E-state index contributed by atoms with van der Waals surface area (Å²) in [5, 5.41) is 11.0. The Balaban J connectivity index is 1.24. The lowest BCUT2D eigenvalue weighted by Crippen LogP contribution is -2.54. The molecule has 4 rings (SSSR count). The second kappa shape index (κ2) is 7.87. The molecule has 0 unspecified atom stereocenters. The predicted octanol–water partition coefficient (Wildman–Crippen LogP) is 1.29. The third-order valence-electron chi connectivity index (χ3n) is 5.25. The van der Waals surface area contributed by atoms with Crippen LogP contribution in [-0.4, -0.2) is 70.0 Å². The molecule has 0 bridgehead atoms. The van der Waals surface area contributed by atoms with Gasteiger partial charge in [0.1, 0.15) is 5.75 Å². The maximum absolute atomic E-state index is 12.3. The Bertz CT molecular complexity index is 838. The van der Waals surface area contributed by atoms with Crippen molar-refractivity contribution in [1.82, 2.24) is 30.1 Å². The summed E-state index contributed by atoms with van der Waals surface area (Å²) in [5.41, 5.74) is 1.39. The molecule has 2 saturated heterocycles. The van der Waals surface area contributed by atoms with Gasteiger partial charge in [-0.3, -0.25) is 4.79 Å². The number of aromatic nitrogens is 3. The Labute approximate surface area is 163 Å². The van der Waals surface area contributed by atoms with E-state index >= 15 is 0 Å². The summed E-state index contributed by atoms with van der Waals surface area (Å²) in [4.78, 5) is 28.2. The zero-order valence-corrected chi connectivity index (χ0v) is 15.9. The fraction of sp³-hybridized carbons (Fsp3) is 0.474. The van der Waals surface area contributed by atoms with Crippen molar-refractivity contribution in [2.45, 2.75) is 25.4 Å². The van der Waals surface area contributed by atoms with Crippen molar-refractivity contribution in [3.8, 4) is 5.75 Å². The molecule has 0 radical (unpaired) electrons. The van der Waals surface area contributed by atoms with Gasteiger partial charge < -0.3 is 19.9 Å². The van der Waals surface area contributed by atoms with Crippen LogP contribution in [0.25, 0.3) is 0 Å². The second-order valence-electron chi connectivity index (χ2n) is 7.15. The first-order valence-corrected chi connectivity index (χ1v) is 9.51. The number of carbonyl (C=O) groups is 2.